The van der Waals surface area contributed by atoms with Gasteiger partial charge in [0.1, 0.15) is 0 Å². The highest BCUT2D eigenvalue weighted by Crippen LogP contribution is 2.44. The predicted octanol–water partition coefficient (Wildman–Crippen LogP) is 2.47. The summed E-state index contributed by atoms with van der Waals surface area (Å²) in [6.45, 7) is 7.47. The molecule has 0 aliphatic rings. The van der Waals surface area contributed by atoms with E-state index in [0.29, 0.717) is 0 Å². The van der Waals surface area contributed by atoms with E-state index in [-0.39, 0.29) is 19.3 Å². The average molecular weight is 288 g/mol. The molecule has 3 N–H and O–H groups in total. The van der Waals surface area contributed by atoms with Crippen LogP contribution in [0.1, 0.15) is 53.9 Å². The smallest absolute Gasteiger partial charge is 0.309 e. The Kier molecular flexibility index (Phi) is 5.35. The highest BCUT2D eigenvalue weighted by atomic mass is 16.4. The van der Waals surface area contributed by atoms with Crippen molar-refractivity contribution in [2.75, 3.05) is 0 Å². The molecule has 0 aliphatic carbocycles. The highest BCUT2D eigenvalue weighted by molar-refractivity contribution is 5.80. The van der Waals surface area contributed by atoms with Crippen molar-refractivity contribution < 1.29 is 29.7 Å². The Morgan fingerprint density at radius 1 is 0.750 bits per heavy atom. The summed E-state index contributed by atoms with van der Waals surface area (Å²) < 4.78 is 0. The lowest BCUT2D eigenvalue weighted by Gasteiger charge is -2.37. The second-order valence-corrected chi connectivity index (χ2v) is 6.63. The molecule has 0 aromatic rings. The molecule has 0 radical (unpaired) electrons. The van der Waals surface area contributed by atoms with Gasteiger partial charge >= 0.3 is 17.9 Å². The number of hydrogen-bond donors (Lipinski definition) is 3. The van der Waals surface area contributed by atoms with Crippen molar-refractivity contribution in [3.63, 3.8) is 0 Å². The van der Waals surface area contributed by atoms with Gasteiger partial charge in [0.15, 0.2) is 0 Å². The van der Waals surface area contributed by atoms with Crippen molar-refractivity contribution in [2.45, 2.75) is 53.9 Å². The standard InChI is InChI=1S/C14H24O6/c1-6-13(4,10(17)18)8-14(5,11(19)20)7-12(2,3)9(15)16/h6-8H2,1-5H3,(H,15,16)(H,17,18)(H,19,20). The molecule has 0 saturated carbocycles. The Labute approximate surface area is 118 Å². The summed E-state index contributed by atoms with van der Waals surface area (Å²) in [6.07, 6.45) is 0.0319. The van der Waals surface area contributed by atoms with Crippen LogP contribution in [0.25, 0.3) is 0 Å². The molecule has 0 rings (SSSR count). The van der Waals surface area contributed by atoms with E-state index in [9.17, 15) is 24.6 Å². The molecule has 0 fully saturated rings. The average Bonchev–Trinajstić information content (AvgIpc) is 2.27. The first-order chi connectivity index (χ1) is 8.81. The van der Waals surface area contributed by atoms with Crippen molar-refractivity contribution in [3.05, 3.63) is 0 Å². The quantitative estimate of drug-likeness (QED) is 0.632. The molecule has 0 saturated heterocycles. The summed E-state index contributed by atoms with van der Waals surface area (Å²) in [5, 5.41) is 27.9. The maximum Gasteiger partial charge on any atom is 0.309 e. The van der Waals surface area contributed by atoms with Crippen molar-refractivity contribution in [1.29, 1.82) is 0 Å². The molecule has 2 atom stereocenters. The van der Waals surface area contributed by atoms with Crippen LogP contribution in [0.5, 0.6) is 0 Å². The third-order valence-electron chi connectivity index (χ3n) is 4.00. The van der Waals surface area contributed by atoms with Crippen molar-refractivity contribution in [2.24, 2.45) is 16.2 Å². The van der Waals surface area contributed by atoms with E-state index in [1.807, 2.05) is 0 Å². The molecular weight excluding hydrogens is 264 g/mol. The lowest BCUT2D eigenvalue weighted by atomic mass is 9.65. The van der Waals surface area contributed by atoms with Crippen molar-refractivity contribution in [1.82, 2.24) is 0 Å². The van der Waals surface area contributed by atoms with E-state index in [0.717, 1.165) is 0 Å². The predicted molar refractivity (Wildman–Crippen MR) is 72.4 cm³/mol. The molecule has 0 bridgehead atoms. The van der Waals surface area contributed by atoms with Crippen molar-refractivity contribution in [3.8, 4) is 0 Å². The van der Waals surface area contributed by atoms with Gasteiger partial charge in [-0.15, -0.1) is 0 Å². The molecule has 6 nitrogen and oxygen atoms in total. The molecule has 0 spiro atoms. The molecule has 116 valence electrons. The van der Waals surface area contributed by atoms with E-state index < -0.39 is 34.2 Å². The van der Waals surface area contributed by atoms with Gasteiger partial charge in [0.05, 0.1) is 16.2 Å². The maximum atomic E-state index is 11.6. The second-order valence-electron chi connectivity index (χ2n) is 6.63. The molecule has 0 amide bonds. The molecule has 0 aromatic carbocycles. The highest BCUT2D eigenvalue weighted by Gasteiger charge is 2.48. The number of carboxylic acid groups (broad SMARTS) is 3. The molecule has 6 heteroatoms. The lowest BCUT2D eigenvalue weighted by Crippen LogP contribution is -2.42. The minimum absolute atomic E-state index is 0.113. The van der Waals surface area contributed by atoms with Gasteiger partial charge in [-0.25, -0.2) is 0 Å². The largest absolute Gasteiger partial charge is 0.481 e. The molecule has 0 aliphatic heterocycles. The van der Waals surface area contributed by atoms with Crippen LogP contribution in [0.2, 0.25) is 0 Å². The van der Waals surface area contributed by atoms with E-state index in [2.05, 4.69) is 0 Å². The van der Waals surface area contributed by atoms with E-state index >= 15 is 0 Å². The minimum atomic E-state index is -1.41. The zero-order chi connectivity index (χ0) is 16.4. The van der Waals surface area contributed by atoms with Gasteiger partial charge in [-0.05, 0) is 47.0 Å². The van der Waals surface area contributed by atoms with Crippen LogP contribution in [0, 0.1) is 16.2 Å². The van der Waals surface area contributed by atoms with Gasteiger partial charge in [-0.2, -0.15) is 0 Å². The first-order valence-electron chi connectivity index (χ1n) is 6.51. The van der Waals surface area contributed by atoms with Gasteiger partial charge in [-0.3, -0.25) is 14.4 Å². The third-order valence-corrected chi connectivity index (χ3v) is 4.00. The van der Waals surface area contributed by atoms with Crippen LogP contribution in [0.4, 0.5) is 0 Å². The fraction of sp³-hybridized carbons (Fsp3) is 0.786. The Bertz CT molecular complexity index is 414. The molecule has 2 unspecified atom stereocenters. The van der Waals surface area contributed by atoms with Crippen LogP contribution in [0.3, 0.4) is 0 Å². The lowest BCUT2D eigenvalue weighted by molar-refractivity contribution is -0.161. The molecule has 20 heavy (non-hydrogen) atoms. The molecular formula is C14H24O6. The van der Waals surface area contributed by atoms with Crippen LogP contribution in [0.15, 0.2) is 0 Å². The van der Waals surface area contributed by atoms with E-state index in [4.69, 9.17) is 5.11 Å². The SMILES string of the molecule is CCC(C)(CC(C)(CC(C)(C)C(=O)O)C(=O)O)C(=O)O. The first kappa shape index (κ1) is 18.4. The fourth-order valence-corrected chi connectivity index (χ4v) is 2.48. The normalized spacial score (nSPS) is 17.9. The Morgan fingerprint density at radius 2 is 1.15 bits per heavy atom. The Balaban J connectivity index is 5.49. The number of carbonyl (C=O) groups is 3. The van der Waals surface area contributed by atoms with Gasteiger partial charge in [0, 0.05) is 0 Å². The summed E-state index contributed by atoms with van der Waals surface area (Å²) in [7, 11) is 0. The number of carboxylic acids is 3. The summed E-state index contributed by atoms with van der Waals surface area (Å²) >= 11 is 0. The first-order valence-corrected chi connectivity index (χ1v) is 6.51. The summed E-state index contributed by atoms with van der Waals surface area (Å²) in [4.78, 5) is 34.1. The summed E-state index contributed by atoms with van der Waals surface area (Å²) in [6, 6.07) is 0. The monoisotopic (exact) mass is 288 g/mol. The molecule has 0 aromatic heterocycles. The summed E-state index contributed by atoms with van der Waals surface area (Å²) in [5.74, 6) is -3.34. The van der Waals surface area contributed by atoms with Crippen LogP contribution in [-0.2, 0) is 14.4 Å². The number of rotatable bonds is 8. The number of aliphatic carboxylic acids is 3. The molecule has 0 heterocycles. The van der Waals surface area contributed by atoms with Gasteiger partial charge < -0.3 is 15.3 Å². The van der Waals surface area contributed by atoms with Crippen LogP contribution >= 0.6 is 0 Å². The van der Waals surface area contributed by atoms with Gasteiger partial charge in [0.25, 0.3) is 0 Å². The topological polar surface area (TPSA) is 112 Å². The maximum absolute atomic E-state index is 11.6. The van der Waals surface area contributed by atoms with Crippen molar-refractivity contribution >= 4 is 17.9 Å². The minimum Gasteiger partial charge on any atom is -0.481 e. The van der Waals surface area contributed by atoms with E-state index in [1.54, 1.807) is 6.92 Å². The fourth-order valence-electron chi connectivity index (χ4n) is 2.48. The number of hydrogen-bond acceptors (Lipinski definition) is 3. The zero-order valence-electron chi connectivity index (χ0n) is 12.7. The third kappa shape index (κ3) is 3.95. The summed E-state index contributed by atoms with van der Waals surface area (Å²) in [5.41, 5.74) is -3.84. The second kappa shape index (κ2) is 5.81. The van der Waals surface area contributed by atoms with Gasteiger partial charge in [0.2, 0.25) is 0 Å². The van der Waals surface area contributed by atoms with E-state index in [1.165, 1.54) is 27.7 Å². The Morgan fingerprint density at radius 3 is 1.40 bits per heavy atom. The van der Waals surface area contributed by atoms with Crippen LogP contribution < -0.4 is 0 Å². The van der Waals surface area contributed by atoms with Crippen LogP contribution in [-0.4, -0.2) is 33.2 Å². The zero-order valence-corrected chi connectivity index (χ0v) is 12.7. The Hall–Kier alpha value is -1.59. The van der Waals surface area contributed by atoms with Gasteiger partial charge in [-0.1, -0.05) is 6.92 Å².